The van der Waals surface area contributed by atoms with E-state index in [-0.39, 0.29) is 17.1 Å². The third-order valence-electron chi connectivity index (χ3n) is 3.66. The molecule has 0 fully saturated rings. The van der Waals surface area contributed by atoms with Crippen molar-refractivity contribution in [1.29, 1.82) is 0 Å². The normalized spacial score (nSPS) is 11.4. The summed E-state index contributed by atoms with van der Waals surface area (Å²) in [6.07, 6.45) is 2.65. The average Bonchev–Trinajstić information content (AvgIpc) is 2.66. The van der Waals surface area contributed by atoms with Gasteiger partial charge < -0.3 is 10.1 Å². The second-order valence-corrected chi connectivity index (χ2v) is 7.89. The first-order valence-corrected chi connectivity index (χ1v) is 10.2. The number of amides is 1. The molecule has 2 aromatic rings. The van der Waals surface area contributed by atoms with Crippen LogP contribution in [-0.2, 0) is 24.2 Å². The van der Waals surface area contributed by atoms with Gasteiger partial charge in [-0.15, -0.1) is 0 Å². The molecule has 2 rings (SSSR count). The molecule has 0 unspecified atom stereocenters. The molecule has 28 heavy (non-hydrogen) atoms. The van der Waals surface area contributed by atoms with E-state index in [9.17, 15) is 22.4 Å². The Bertz CT molecular complexity index is 951. The molecule has 6 nitrogen and oxygen atoms in total. The summed E-state index contributed by atoms with van der Waals surface area (Å²) >= 11 is 0. The summed E-state index contributed by atoms with van der Waals surface area (Å²) in [5.74, 6) is -1.81. The van der Waals surface area contributed by atoms with Gasteiger partial charge in [0, 0.05) is 18.2 Å². The molecule has 0 saturated carbocycles. The lowest BCUT2D eigenvalue weighted by molar-refractivity contribution is -0.137. The Hall–Kier alpha value is -3.00. The Morgan fingerprint density at radius 3 is 2.32 bits per heavy atom. The smallest absolute Gasteiger partial charge is 0.330 e. The first kappa shape index (κ1) is 21.3. The summed E-state index contributed by atoms with van der Waals surface area (Å²) in [5, 5.41) is 2.61. The lowest BCUT2D eigenvalue weighted by Gasteiger charge is -2.07. The van der Waals surface area contributed by atoms with Gasteiger partial charge in [-0.2, -0.15) is 0 Å². The fourth-order valence-electron chi connectivity index (χ4n) is 2.24. The van der Waals surface area contributed by atoms with Crippen LogP contribution >= 0.6 is 0 Å². The van der Waals surface area contributed by atoms with Gasteiger partial charge >= 0.3 is 5.97 Å². The monoisotopic (exact) mass is 405 g/mol. The molecule has 0 atom stereocenters. The molecule has 0 aliphatic rings. The van der Waals surface area contributed by atoms with Crippen LogP contribution in [-0.4, -0.2) is 32.7 Å². The Morgan fingerprint density at radius 1 is 1.07 bits per heavy atom. The predicted molar refractivity (Wildman–Crippen MR) is 104 cm³/mol. The first-order valence-electron chi connectivity index (χ1n) is 8.53. The quantitative estimate of drug-likeness (QED) is 0.414. The standard InChI is InChI=1S/C20H20FNO5S/c1-2-27-20(24)12-5-15-3-8-17(9-4-15)22-19(23)13-14-28(25,26)18-10-6-16(21)7-11-18/h3-12H,2,13-14H2,1H3,(H,22,23)/b12-5+. The second kappa shape index (κ2) is 9.80. The summed E-state index contributed by atoms with van der Waals surface area (Å²) < 4.78 is 42.0. The van der Waals surface area contributed by atoms with Crippen molar-refractivity contribution < 1.29 is 27.1 Å². The Morgan fingerprint density at radius 2 is 1.71 bits per heavy atom. The Balaban J connectivity index is 1.89. The Labute approximate surface area is 162 Å². The van der Waals surface area contributed by atoms with Crippen molar-refractivity contribution in [1.82, 2.24) is 0 Å². The van der Waals surface area contributed by atoms with Gasteiger partial charge in [-0.05, 0) is 55.0 Å². The number of carbonyl (C=O) groups excluding carboxylic acids is 2. The maximum Gasteiger partial charge on any atom is 0.330 e. The number of anilines is 1. The third kappa shape index (κ3) is 6.62. The van der Waals surface area contributed by atoms with Crippen LogP contribution in [0.4, 0.5) is 10.1 Å². The predicted octanol–water partition coefficient (Wildman–Crippen LogP) is 3.20. The molecule has 2 aromatic carbocycles. The van der Waals surface area contributed by atoms with E-state index >= 15 is 0 Å². The van der Waals surface area contributed by atoms with Crippen molar-refractivity contribution in [2.45, 2.75) is 18.2 Å². The van der Waals surface area contributed by atoms with Crippen molar-refractivity contribution in [3.63, 3.8) is 0 Å². The van der Waals surface area contributed by atoms with Crippen molar-refractivity contribution in [3.05, 3.63) is 66.0 Å². The second-order valence-electron chi connectivity index (χ2n) is 5.78. The van der Waals surface area contributed by atoms with Gasteiger partial charge in [-0.25, -0.2) is 17.6 Å². The minimum atomic E-state index is -3.67. The number of rotatable bonds is 8. The minimum Gasteiger partial charge on any atom is -0.463 e. The molecule has 0 bridgehead atoms. The summed E-state index contributed by atoms with van der Waals surface area (Å²) in [6, 6.07) is 11.1. The number of nitrogens with one attached hydrogen (secondary N) is 1. The van der Waals surface area contributed by atoms with Crippen molar-refractivity contribution in [3.8, 4) is 0 Å². The number of benzene rings is 2. The van der Waals surface area contributed by atoms with E-state index in [2.05, 4.69) is 5.32 Å². The Kier molecular flexibility index (Phi) is 7.45. The molecular formula is C20H20FNO5S. The third-order valence-corrected chi connectivity index (χ3v) is 5.40. The van der Waals surface area contributed by atoms with Crippen LogP contribution in [0.1, 0.15) is 18.9 Å². The van der Waals surface area contributed by atoms with E-state index in [0.29, 0.717) is 12.3 Å². The molecule has 0 heterocycles. The number of carbonyl (C=O) groups is 2. The van der Waals surface area contributed by atoms with Gasteiger partial charge in [-0.1, -0.05) is 12.1 Å². The van der Waals surface area contributed by atoms with Crippen LogP contribution in [0.25, 0.3) is 6.08 Å². The molecule has 0 aliphatic carbocycles. The molecule has 148 valence electrons. The summed E-state index contributed by atoms with van der Waals surface area (Å²) in [6.45, 7) is 2.01. The molecule has 0 radical (unpaired) electrons. The highest BCUT2D eigenvalue weighted by Gasteiger charge is 2.16. The van der Waals surface area contributed by atoms with Crippen LogP contribution in [0.3, 0.4) is 0 Å². The SMILES string of the molecule is CCOC(=O)/C=C/c1ccc(NC(=O)CCS(=O)(=O)c2ccc(F)cc2)cc1. The van der Waals surface area contributed by atoms with Crippen LogP contribution in [0.5, 0.6) is 0 Å². The summed E-state index contributed by atoms with van der Waals surface area (Å²) in [5.41, 5.74) is 1.24. The van der Waals surface area contributed by atoms with Gasteiger partial charge in [0.1, 0.15) is 5.82 Å². The van der Waals surface area contributed by atoms with Gasteiger partial charge in [0.25, 0.3) is 0 Å². The van der Waals surface area contributed by atoms with E-state index in [1.807, 2.05) is 0 Å². The number of hydrogen-bond acceptors (Lipinski definition) is 5. The molecule has 0 aliphatic heterocycles. The molecular weight excluding hydrogens is 385 g/mol. The van der Waals surface area contributed by atoms with Crippen LogP contribution in [0.2, 0.25) is 0 Å². The van der Waals surface area contributed by atoms with E-state index in [0.717, 1.165) is 17.7 Å². The van der Waals surface area contributed by atoms with Gasteiger partial charge in [-0.3, -0.25) is 4.79 Å². The maximum absolute atomic E-state index is 12.9. The van der Waals surface area contributed by atoms with Crippen LogP contribution in [0, 0.1) is 5.82 Å². The van der Waals surface area contributed by atoms with E-state index in [1.165, 1.54) is 18.2 Å². The number of halogens is 1. The first-order chi connectivity index (χ1) is 13.3. The fraction of sp³-hybridized carbons (Fsp3) is 0.200. The van der Waals surface area contributed by atoms with Gasteiger partial charge in [0.15, 0.2) is 9.84 Å². The summed E-state index contributed by atoms with van der Waals surface area (Å²) in [4.78, 5) is 23.2. The zero-order chi connectivity index (χ0) is 20.6. The van der Waals surface area contributed by atoms with Crippen LogP contribution in [0.15, 0.2) is 59.5 Å². The lowest BCUT2D eigenvalue weighted by Crippen LogP contribution is -2.17. The van der Waals surface area contributed by atoms with Crippen molar-refractivity contribution in [2.24, 2.45) is 0 Å². The molecule has 0 aromatic heterocycles. The largest absolute Gasteiger partial charge is 0.463 e. The molecule has 0 spiro atoms. The number of sulfone groups is 1. The topological polar surface area (TPSA) is 89.5 Å². The average molecular weight is 405 g/mol. The zero-order valence-electron chi connectivity index (χ0n) is 15.2. The highest BCUT2D eigenvalue weighted by molar-refractivity contribution is 7.91. The number of ether oxygens (including phenoxy) is 1. The van der Waals surface area contributed by atoms with Crippen molar-refractivity contribution in [2.75, 3.05) is 17.7 Å². The van der Waals surface area contributed by atoms with Crippen molar-refractivity contribution >= 4 is 33.5 Å². The molecule has 0 saturated heterocycles. The van der Waals surface area contributed by atoms with E-state index < -0.39 is 27.5 Å². The van der Waals surface area contributed by atoms with E-state index in [4.69, 9.17) is 4.74 Å². The molecule has 1 amide bonds. The van der Waals surface area contributed by atoms with Gasteiger partial charge in [0.05, 0.1) is 17.3 Å². The molecule has 1 N–H and O–H groups in total. The highest BCUT2D eigenvalue weighted by Crippen LogP contribution is 2.14. The highest BCUT2D eigenvalue weighted by atomic mass is 32.2. The van der Waals surface area contributed by atoms with Crippen LogP contribution < -0.4 is 5.32 Å². The lowest BCUT2D eigenvalue weighted by atomic mass is 10.2. The molecule has 8 heteroatoms. The maximum atomic E-state index is 12.9. The fourth-order valence-corrected chi connectivity index (χ4v) is 3.48. The number of esters is 1. The summed E-state index contributed by atoms with van der Waals surface area (Å²) in [7, 11) is -3.67. The minimum absolute atomic E-state index is 0.0283. The zero-order valence-corrected chi connectivity index (χ0v) is 16.0. The number of hydrogen-bond donors (Lipinski definition) is 1. The van der Waals surface area contributed by atoms with E-state index in [1.54, 1.807) is 37.3 Å². The van der Waals surface area contributed by atoms with Gasteiger partial charge in [0.2, 0.25) is 5.91 Å².